The Morgan fingerprint density at radius 2 is 2.44 bits per heavy atom. The molecule has 0 amide bonds. The van der Waals surface area contributed by atoms with Gasteiger partial charge in [-0.2, -0.15) is 0 Å². The molecule has 1 aliphatic rings. The average Bonchev–Trinajstić information content (AvgIpc) is 2.13. The SMILES string of the molecule is CN1CSC(C)(C=O)C1. The fourth-order valence-corrected chi connectivity index (χ4v) is 1.94. The minimum atomic E-state index is -0.130. The van der Waals surface area contributed by atoms with Crippen molar-refractivity contribution in [3.8, 4) is 0 Å². The third kappa shape index (κ3) is 1.46. The predicted octanol–water partition coefficient (Wildman–Crippen LogP) is 0.580. The Balaban J connectivity index is 2.54. The van der Waals surface area contributed by atoms with Crippen molar-refractivity contribution < 1.29 is 4.79 Å². The number of carbonyl (C=O) groups is 1. The first-order valence-electron chi connectivity index (χ1n) is 2.95. The van der Waals surface area contributed by atoms with Crippen molar-refractivity contribution >= 4 is 18.0 Å². The Morgan fingerprint density at radius 1 is 1.78 bits per heavy atom. The summed E-state index contributed by atoms with van der Waals surface area (Å²) in [7, 11) is 2.03. The first kappa shape index (κ1) is 7.09. The Hall–Kier alpha value is -0.0200. The zero-order valence-electron chi connectivity index (χ0n) is 5.76. The molecule has 1 atom stereocenters. The number of hydrogen-bond donors (Lipinski definition) is 0. The number of aldehydes is 1. The molecule has 0 saturated carbocycles. The second-order valence-electron chi connectivity index (χ2n) is 2.72. The first-order valence-corrected chi connectivity index (χ1v) is 3.94. The van der Waals surface area contributed by atoms with E-state index < -0.39 is 0 Å². The summed E-state index contributed by atoms with van der Waals surface area (Å²) in [5.41, 5.74) is 0. The van der Waals surface area contributed by atoms with Gasteiger partial charge in [-0.05, 0) is 14.0 Å². The Kier molecular flexibility index (Phi) is 1.82. The van der Waals surface area contributed by atoms with E-state index in [1.807, 2.05) is 14.0 Å². The highest BCUT2D eigenvalue weighted by Crippen LogP contribution is 2.30. The second-order valence-corrected chi connectivity index (χ2v) is 4.20. The molecule has 1 saturated heterocycles. The number of rotatable bonds is 1. The van der Waals surface area contributed by atoms with Gasteiger partial charge in [-0.1, -0.05) is 0 Å². The van der Waals surface area contributed by atoms with E-state index in [1.54, 1.807) is 11.8 Å². The smallest absolute Gasteiger partial charge is 0.137 e. The quantitative estimate of drug-likeness (QED) is 0.503. The zero-order chi connectivity index (χ0) is 6.91. The lowest BCUT2D eigenvalue weighted by molar-refractivity contribution is -0.109. The van der Waals surface area contributed by atoms with E-state index in [0.717, 1.165) is 18.7 Å². The molecule has 3 heteroatoms. The Bertz CT molecular complexity index is 128. The molecule has 0 N–H and O–H groups in total. The number of hydrogen-bond acceptors (Lipinski definition) is 3. The number of thioether (sulfide) groups is 1. The summed E-state index contributed by atoms with van der Waals surface area (Å²) < 4.78 is -0.130. The van der Waals surface area contributed by atoms with E-state index in [-0.39, 0.29) is 4.75 Å². The van der Waals surface area contributed by atoms with Crippen molar-refractivity contribution in [1.29, 1.82) is 0 Å². The van der Waals surface area contributed by atoms with E-state index in [4.69, 9.17) is 0 Å². The second kappa shape index (κ2) is 2.31. The van der Waals surface area contributed by atoms with E-state index >= 15 is 0 Å². The van der Waals surface area contributed by atoms with Crippen molar-refractivity contribution in [1.82, 2.24) is 4.90 Å². The minimum absolute atomic E-state index is 0.130. The maximum Gasteiger partial charge on any atom is 0.137 e. The summed E-state index contributed by atoms with van der Waals surface area (Å²) in [6.45, 7) is 2.87. The van der Waals surface area contributed by atoms with Gasteiger partial charge in [0.05, 0.1) is 4.75 Å². The summed E-state index contributed by atoms with van der Waals surface area (Å²) in [5, 5.41) is 0. The number of carbonyl (C=O) groups excluding carboxylic acids is 1. The largest absolute Gasteiger partial charge is 0.302 e. The van der Waals surface area contributed by atoms with Crippen LogP contribution in [0, 0.1) is 0 Å². The first-order chi connectivity index (χ1) is 4.16. The van der Waals surface area contributed by atoms with Gasteiger partial charge in [-0.3, -0.25) is 4.90 Å². The normalized spacial score (nSPS) is 37.1. The maximum atomic E-state index is 10.4. The van der Waals surface area contributed by atoms with Crippen LogP contribution < -0.4 is 0 Å². The lowest BCUT2D eigenvalue weighted by atomic mass is 10.2. The molecule has 0 radical (unpaired) electrons. The van der Waals surface area contributed by atoms with Gasteiger partial charge in [-0.15, -0.1) is 11.8 Å². The van der Waals surface area contributed by atoms with Crippen LogP contribution >= 0.6 is 11.8 Å². The van der Waals surface area contributed by atoms with Crippen molar-refractivity contribution in [2.24, 2.45) is 0 Å². The van der Waals surface area contributed by atoms with Crippen molar-refractivity contribution in [3.63, 3.8) is 0 Å². The minimum Gasteiger partial charge on any atom is -0.302 e. The fraction of sp³-hybridized carbons (Fsp3) is 0.833. The summed E-state index contributed by atoms with van der Waals surface area (Å²) in [4.78, 5) is 12.6. The maximum absolute atomic E-state index is 10.4. The summed E-state index contributed by atoms with van der Waals surface area (Å²) >= 11 is 1.71. The van der Waals surface area contributed by atoms with Gasteiger partial charge in [0.1, 0.15) is 6.29 Å². The molecule has 1 rings (SSSR count). The van der Waals surface area contributed by atoms with Gasteiger partial charge < -0.3 is 4.79 Å². The molecule has 0 aromatic heterocycles. The van der Waals surface area contributed by atoms with E-state index in [1.165, 1.54) is 0 Å². The highest BCUT2D eigenvalue weighted by molar-refractivity contribution is 8.01. The molecule has 0 aromatic rings. The topological polar surface area (TPSA) is 20.3 Å². The van der Waals surface area contributed by atoms with Crippen LogP contribution in [0.2, 0.25) is 0 Å². The van der Waals surface area contributed by atoms with Gasteiger partial charge >= 0.3 is 0 Å². The van der Waals surface area contributed by atoms with Crippen LogP contribution in [0.3, 0.4) is 0 Å². The van der Waals surface area contributed by atoms with Crippen LogP contribution in [-0.2, 0) is 4.79 Å². The van der Waals surface area contributed by atoms with Crippen LogP contribution in [0.15, 0.2) is 0 Å². The lowest BCUT2D eigenvalue weighted by Gasteiger charge is -2.12. The lowest BCUT2D eigenvalue weighted by Crippen LogP contribution is -2.27. The molecule has 0 bridgehead atoms. The van der Waals surface area contributed by atoms with Crippen molar-refractivity contribution in [3.05, 3.63) is 0 Å². The van der Waals surface area contributed by atoms with E-state index in [2.05, 4.69) is 4.90 Å². The van der Waals surface area contributed by atoms with E-state index in [0.29, 0.717) is 0 Å². The molecule has 9 heavy (non-hydrogen) atoms. The van der Waals surface area contributed by atoms with Gasteiger partial charge in [0.25, 0.3) is 0 Å². The van der Waals surface area contributed by atoms with Gasteiger partial charge in [0, 0.05) is 12.4 Å². The predicted molar refractivity (Wildman–Crippen MR) is 39.6 cm³/mol. The van der Waals surface area contributed by atoms with Crippen LogP contribution in [0.25, 0.3) is 0 Å². The molecule has 1 aliphatic heterocycles. The van der Waals surface area contributed by atoms with Crippen LogP contribution in [0.5, 0.6) is 0 Å². The van der Waals surface area contributed by atoms with Gasteiger partial charge in [0.2, 0.25) is 0 Å². The standard InChI is InChI=1S/C6H11NOS/c1-6(4-8)3-7(2)5-9-6/h4H,3,5H2,1-2H3. The molecule has 0 spiro atoms. The van der Waals surface area contributed by atoms with Crippen LogP contribution in [0.1, 0.15) is 6.92 Å². The zero-order valence-corrected chi connectivity index (χ0v) is 6.57. The van der Waals surface area contributed by atoms with Gasteiger partial charge in [0.15, 0.2) is 0 Å². The monoisotopic (exact) mass is 145 g/mol. The molecule has 52 valence electrons. The van der Waals surface area contributed by atoms with Crippen molar-refractivity contribution in [2.75, 3.05) is 19.5 Å². The molecular weight excluding hydrogens is 134 g/mol. The Labute approximate surface area is 59.6 Å². The summed E-state index contributed by atoms with van der Waals surface area (Å²) in [5.74, 6) is 0.981. The Morgan fingerprint density at radius 3 is 2.67 bits per heavy atom. The highest BCUT2D eigenvalue weighted by Gasteiger charge is 2.31. The summed E-state index contributed by atoms with van der Waals surface area (Å²) in [6.07, 6.45) is 1.04. The van der Waals surface area contributed by atoms with Crippen LogP contribution in [-0.4, -0.2) is 35.4 Å². The number of nitrogens with zero attached hydrogens (tertiary/aromatic N) is 1. The molecule has 0 aliphatic carbocycles. The summed E-state index contributed by atoms with van der Waals surface area (Å²) in [6, 6.07) is 0. The average molecular weight is 145 g/mol. The molecule has 1 heterocycles. The van der Waals surface area contributed by atoms with Gasteiger partial charge in [-0.25, -0.2) is 0 Å². The van der Waals surface area contributed by atoms with Crippen molar-refractivity contribution in [2.45, 2.75) is 11.7 Å². The molecule has 1 unspecified atom stereocenters. The molecule has 0 aromatic carbocycles. The third-order valence-corrected chi connectivity index (χ3v) is 2.90. The highest BCUT2D eigenvalue weighted by atomic mass is 32.2. The van der Waals surface area contributed by atoms with E-state index in [9.17, 15) is 4.79 Å². The third-order valence-electron chi connectivity index (χ3n) is 1.45. The molecule has 1 fully saturated rings. The molecular formula is C6H11NOS. The molecule has 2 nitrogen and oxygen atoms in total. The van der Waals surface area contributed by atoms with Crippen LogP contribution in [0.4, 0.5) is 0 Å². The fourth-order valence-electron chi connectivity index (χ4n) is 0.956.